The van der Waals surface area contributed by atoms with E-state index >= 15 is 0 Å². The van der Waals surface area contributed by atoms with Gasteiger partial charge in [0.1, 0.15) is 5.69 Å². The lowest BCUT2D eigenvalue weighted by Crippen LogP contribution is -2.41. The molecule has 2 heterocycles. The van der Waals surface area contributed by atoms with Crippen molar-refractivity contribution in [2.24, 2.45) is 0 Å². The Morgan fingerprint density at radius 3 is 2.41 bits per heavy atom. The molecule has 11 heteroatoms. The van der Waals surface area contributed by atoms with Crippen LogP contribution in [0, 0.1) is 0 Å². The maximum absolute atomic E-state index is 12.1. The number of pyridine rings is 1. The molecule has 29 heavy (non-hydrogen) atoms. The summed E-state index contributed by atoms with van der Waals surface area (Å²) in [7, 11) is 0. The lowest BCUT2D eigenvalue weighted by Gasteiger charge is -2.09. The van der Waals surface area contributed by atoms with E-state index < -0.39 is 24.6 Å². The minimum absolute atomic E-state index is 0.0132. The summed E-state index contributed by atoms with van der Waals surface area (Å²) < 4.78 is 40.7. The molecule has 0 saturated heterocycles. The summed E-state index contributed by atoms with van der Waals surface area (Å²) in [4.78, 5) is 27.8. The van der Waals surface area contributed by atoms with Gasteiger partial charge in [-0.2, -0.15) is 18.3 Å². The number of aromatic nitrogens is 3. The second kappa shape index (κ2) is 8.42. The van der Waals surface area contributed by atoms with Crippen LogP contribution in [-0.2, 0) is 0 Å². The first-order valence-electron chi connectivity index (χ1n) is 8.19. The Balaban J connectivity index is 1.54. The van der Waals surface area contributed by atoms with Crippen LogP contribution in [0.1, 0.15) is 20.8 Å². The number of alkyl halides is 3. The molecular formula is C18H14F3N5O3. The number of hydrogen-bond acceptors (Lipinski definition) is 5. The molecular weight excluding hydrogens is 391 g/mol. The van der Waals surface area contributed by atoms with E-state index in [1.54, 1.807) is 0 Å². The van der Waals surface area contributed by atoms with Gasteiger partial charge in [-0.05, 0) is 12.1 Å². The van der Waals surface area contributed by atoms with Crippen LogP contribution < -0.4 is 15.6 Å². The molecule has 3 aromatic rings. The number of aromatic amines is 1. The number of nitrogens with one attached hydrogen (secondary N) is 3. The van der Waals surface area contributed by atoms with Crippen molar-refractivity contribution in [3.63, 3.8) is 0 Å². The van der Waals surface area contributed by atoms with E-state index in [1.165, 1.54) is 12.1 Å². The molecule has 1 aromatic carbocycles. The van der Waals surface area contributed by atoms with Crippen LogP contribution in [0.2, 0.25) is 0 Å². The fraction of sp³-hybridized carbons (Fsp3) is 0.111. The summed E-state index contributed by atoms with van der Waals surface area (Å²) in [6.07, 6.45) is -3.47. The van der Waals surface area contributed by atoms with Crippen LogP contribution in [0.4, 0.5) is 13.2 Å². The van der Waals surface area contributed by atoms with Gasteiger partial charge in [-0.3, -0.25) is 25.5 Å². The summed E-state index contributed by atoms with van der Waals surface area (Å²) >= 11 is 0. The third-order valence-electron chi connectivity index (χ3n) is 3.56. The normalized spacial score (nSPS) is 11.0. The largest absolute Gasteiger partial charge is 0.468 e. The molecule has 8 nitrogen and oxygen atoms in total. The van der Waals surface area contributed by atoms with Crippen LogP contribution in [0.5, 0.6) is 5.88 Å². The molecule has 2 amide bonds. The van der Waals surface area contributed by atoms with Crippen LogP contribution >= 0.6 is 0 Å². The smallest absolute Gasteiger partial charge is 0.422 e. The van der Waals surface area contributed by atoms with Crippen molar-refractivity contribution in [2.45, 2.75) is 6.18 Å². The van der Waals surface area contributed by atoms with E-state index in [2.05, 4.69) is 30.8 Å². The standard InChI is InChI=1S/C18H14F3N5O3/c19-18(20,21)10-29-15-7-6-12(9-22-15)16(27)25-26-17(28)14-8-13(23-24-14)11-4-2-1-3-5-11/h1-9H,10H2,(H,23,24)(H,25,27)(H,26,28). The number of amides is 2. The van der Waals surface area contributed by atoms with E-state index in [0.29, 0.717) is 5.69 Å². The maximum Gasteiger partial charge on any atom is 0.422 e. The quantitative estimate of drug-likeness (QED) is 0.565. The van der Waals surface area contributed by atoms with Crippen molar-refractivity contribution < 1.29 is 27.5 Å². The van der Waals surface area contributed by atoms with Crippen molar-refractivity contribution in [1.29, 1.82) is 0 Å². The zero-order chi connectivity index (χ0) is 20.9. The number of hydrogen-bond donors (Lipinski definition) is 3. The molecule has 0 unspecified atom stereocenters. The van der Waals surface area contributed by atoms with Gasteiger partial charge in [-0.1, -0.05) is 30.3 Å². The van der Waals surface area contributed by atoms with Crippen molar-refractivity contribution in [3.05, 3.63) is 66.0 Å². The number of nitrogens with zero attached hydrogens (tertiary/aromatic N) is 2. The molecule has 0 atom stereocenters. The summed E-state index contributed by atoms with van der Waals surface area (Å²) in [5, 5.41) is 6.60. The lowest BCUT2D eigenvalue weighted by atomic mass is 10.1. The van der Waals surface area contributed by atoms with Gasteiger partial charge in [0.05, 0.1) is 11.3 Å². The molecule has 0 spiro atoms. The monoisotopic (exact) mass is 405 g/mol. The zero-order valence-electron chi connectivity index (χ0n) is 14.7. The number of H-pyrrole nitrogens is 1. The highest BCUT2D eigenvalue weighted by molar-refractivity contribution is 5.98. The molecule has 0 saturated carbocycles. The number of carbonyl (C=O) groups excluding carboxylic acids is 2. The number of carbonyl (C=O) groups is 2. The number of rotatable bonds is 5. The second-order valence-corrected chi connectivity index (χ2v) is 5.73. The molecule has 150 valence electrons. The highest BCUT2D eigenvalue weighted by atomic mass is 19.4. The Morgan fingerprint density at radius 1 is 1.03 bits per heavy atom. The Morgan fingerprint density at radius 2 is 1.76 bits per heavy atom. The van der Waals surface area contributed by atoms with Gasteiger partial charge in [-0.15, -0.1) is 0 Å². The fourth-order valence-electron chi connectivity index (χ4n) is 2.20. The Hall–Kier alpha value is -3.89. The third-order valence-corrected chi connectivity index (χ3v) is 3.56. The molecule has 2 aromatic heterocycles. The lowest BCUT2D eigenvalue weighted by molar-refractivity contribution is -0.154. The second-order valence-electron chi connectivity index (χ2n) is 5.73. The summed E-state index contributed by atoms with van der Waals surface area (Å²) in [6.45, 7) is -1.49. The molecule has 0 radical (unpaired) electrons. The first kappa shape index (κ1) is 19.9. The zero-order valence-corrected chi connectivity index (χ0v) is 14.7. The molecule has 0 bridgehead atoms. The first-order valence-corrected chi connectivity index (χ1v) is 8.19. The molecule has 3 rings (SSSR count). The van der Waals surface area contributed by atoms with Crippen LogP contribution in [0.15, 0.2) is 54.7 Å². The summed E-state index contributed by atoms with van der Waals surface area (Å²) in [5.74, 6) is -1.63. The Labute approximate surface area is 162 Å². The summed E-state index contributed by atoms with van der Waals surface area (Å²) in [6, 6.07) is 13.0. The highest BCUT2D eigenvalue weighted by Crippen LogP contribution is 2.18. The van der Waals surface area contributed by atoms with Crippen molar-refractivity contribution in [3.8, 4) is 17.1 Å². The Bertz CT molecular complexity index is 988. The minimum atomic E-state index is -4.49. The SMILES string of the molecule is O=C(NNC(=O)c1cc(-c2ccccc2)n[nH]1)c1ccc(OCC(F)(F)F)nc1. The molecule has 0 aliphatic rings. The molecule has 3 N–H and O–H groups in total. The van der Waals surface area contributed by atoms with Gasteiger partial charge < -0.3 is 4.74 Å². The molecule has 0 aliphatic heterocycles. The average Bonchev–Trinajstić information content (AvgIpc) is 3.21. The van der Waals surface area contributed by atoms with Crippen LogP contribution in [-0.4, -0.2) is 39.8 Å². The predicted octanol–water partition coefficient (Wildman–Crippen LogP) is 2.49. The van der Waals surface area contributed by atoms with E-state index in [1.807, 2.05) is 30.3 Å². The Kier molecular flexibility index (Phi) is 5.77. The number of ether oxygens (including phenoxy) is 1. The third kappa shape index (κ3) is 5.54. The van der Waals surface area contributed by atoms with Crippen molar-refractivity contribution in [2.75, 3.05) is 6.61 Å². The molecule has 0 aliphatic carbocycles. The van der Waals surface area contributed by atoms with Gasteiger partial charge in [0.2, 0.25) is 5.88 Å². The van der Waals surface area contributed by atoms with E-state index in [4.69, 9.17) is 0 Å². The minimum Gasteiger partial charge on any atom is -0.468 e. The van der Waals surface area contributed by atoms with Gasteiger partial charge in [-0.25, -0.2) is 4.98 Å². The first-order chi connectivity index (χ1) is 13.8. The van der Waals surface area contributed by atoms with E-state index in [-0.39, 0.29) is 17.1 Å². The maximum atomic E-state index is 12.1. The van der Waals surface area contributed by atoms with Crippen LogP contribution in [0.3, 0.4) is 0 Å². The number of hydrazine groups is 1. The topological polar surface area (TPSA) is 109 Å². The van der Waals surface area contributed by atoms with E-state index in [9.17, 15) is 22.8 Å². The van der Waals surface area contributed by atoms with Gasteiger partial charge in [0, 0.05) is 17.8 Å². The number of benzene rings is 1. The fourth-order valence-corrected chi connectivity index (χ4v) is 2.20. The van der Waals surface area contributed by atoms with Crippen molar-refractivity contribution in [1.82, 2.24) is 26.0 Å². The van der Waals surface area contributed by atoms with Gasteiger partial charge in [0.15, 0.2) is 6.61 Å². The van der Waals surface area contributed by atoms with E-state index in [0.717, 1.165) is 17.8 Å². The van der Waals surface area contributed by atoms with Crippen LogP contribution in [0.25, 0.3) is 11.3 Å². The van der Waals surface area contributed by atoms with Gasteiger partial charge in [0.25, 0.3) is 11.8 Å². The summed E-state index contributed by atoms with van der Waals surface area (Å²) in [5.41, 5.74) is 5.88. The van der Waals surface area contributed by atoms with Crippen molar-refractivity contribution >= 4 is 11.8 Å². The van der Waals surface area contributed by atoms with Gasteiger partial charge >= 0.3 is 6.18 Å². The molecule has 0 fully saturated rings. The average molecular weight is 405 g/mol. The highest BCUT2D eigenvalue weighted by Gasteiger charge is 2.28. The number of halogens is 3. The predicted molar refractivity (Wildman–Crippen MR) is 94.7 cm³/mol.